The van der Waals surface area contributed by atoms with Gasteiger partial charge in [-0.25, -0.2) is 15.4 Å². The number of phenolic OH excluding ortho intramolecular Hbond substituents is 1. The Bertz CT molecular complexity index is 602. The molecule has 0 unspecified atom stereocenters. The van der Waals surface area contributed by atoms with Crippen LogP contribution in [0.25, 0.3) is 0 Å². The van der Waals surface area contributed by atoms with Gasteiger partial charge < -0.3 is 5.11 Å². The van der Waals surface area contributed by atoms with Crippen molar-refractivity contribution in [3.63, 3.8) is 0 Å². The van der Waals surface area contributed by atoms with E-state index in [1.807, 2.05) is 32.9 Å². The quantitative estimate of drug-likeness (QED) is 0.654. The summed E-state index contributed by atoms with van der Waals surface area (Å²) in [4.78, 5) is 8.46. The van der Waals surface area contributed by atoms with Gasteiger partial charge in [0.15, 0.2) is 0 Å². The number of para-hydroxylation sites is 1. The highest BCUT2D eigenvalue weighted by molar-refractivity contribution is 6.01. The second kappa shape index (κ2) is 5.48. The monoisotopic (exact) mass is 256 g/mol. The smallest absolute Gasteiger partial charge is 0.243 e. The van der Waals surface area contributed by atoms with Gasteiger partial charge in [-0.05, 0) is 39.0 Å². The Balaban J connectivity index is 2.20. The van der Waals surface area contributed by atoms with E-state index >= 15 is 0 Å². The molecule has 0 radical (unpaired) electrons. The zero-order valence-electron chi connectivity index (χ0n) is 11.2. The highest BCUT2D eigenvalue weighted by atomic mass is 16.3. The van der Waals surface area contributed by atoms with Gasteiger partial charge in [0, 0.05) is 17.0 Å². The molecular formula is C14H16N4O. The molecule has 0 saturated carbocycles. The van der Waals surface area contributed by atoms with Crippen molar-refractivity contribution in [2.45, 2.75) is 20.8 Å². The average Bonchev–Trinajstić information content (AvgIpc) is 2.35. The zero-order valence-corrected chi connectivity index (χ0v) is 11.2. The summed E-state index contributed by atoms with van der Waals surface area (Å²) in [5.74, 6) is 0.652. The van der Waals surface area contributed by atoms with Crippen molar-refractivity contribution >= 4 is 11.7 Å². The number of hydrazone groups is 1. The maximum atomic E-state index is 9.73. The van der Waals surface area contributed by atoms with Crippen molar-refractivity contribution < 1.29 is 5.11 Å². The fourth-order valence-electron chi connectivity index (χ4n) is 1.75. The molecule has 0 spiro atoms. The molecule has 98 valence electrons. The van der Waals surface area contributed by atoms with Crippen LogP contribution < -0.4 is 5.43 Å². The van der Waals surface area contributed by atoms with Crippen LogP contribution in [0.15, 0.2) is 35.4 Å². The molecule has 0 amide bonds. The van der Waals surface area contributed by atoms with E-state index in [4.69, 9.17) is 0 Å². The first-order valence-corrected chi connectivity index (χ1v) is 5.97. The van der Waals surface area contributed by atoms with E-state index in [0.29, 0.717) is 17.2 Å². The standard InChI is InChI=1S/C14H16N4O/c1-9-8-10(2)16-14(15-9)18-17-11(3)12-6-4-5-7-13(12)19/h4-8,19H,1-3H3,(H,15,16,18). The minimum atomic E-state index is 0.201. The van der Waals surface area contributed by atoms with Crippen molar-refractivity contribution in [2.75, 3.05) is 5.43 Å². The Morgan fingerprint density at radius 2 is 1.79 bits per heavy atom. The molecule has 0 fully saturated rings. The van der Waals surface area contributed by atoms with E-state index in [1.54, 1.807) is 18.2 Å². The molecule has 0 saturated heterocycles. The van der Waals surface area contributed by atoms with Crippen LogP contribution in [0.5, 0.6) is 5.75 Å². The van der Waals surface area contributed by atoms with Gasteiger partial charge in [0.1, 0.15) is 5.75 Å². The molecule has 2 rings (SSSR count). The number of hydrogen-bond donors (Lipinski definition) is 2. The second-order valence-corrected chi connectivity index (χ2v) is 4.30. The summed E-state index contributed by atoms with van der Waals surface area (Å²) in [6.07, 6.45) is 0. The molecule has 1 aromatic carbocycles. The molecule has 1 aromatic heterocycles. The van der Waals surface area contributed by atoms with Crippen molar-refractivity contribution in [3.05, 3.63) is 47.3 Å². The number of anilines is 1. The van der Waals surface area contributed by atoms with Crippen LogP contribution in [0.2, 0.25) is 0 Å². The molecule has 0 aliphatic heterocycles. The summed E-state index contributed by atoms with van der Waals surface area (Å²) < 4.78 is 0. The SMILES string of the molecule is CC(=NNc1nc(C)cc(C)n1)c1ccccc1O. The Hall–Kier alpha value is -2.43. The number of aromatic nitrogens is 2. The first-order chi connectivity index (χ1) is 9.06. The topological polar surface area (TPSA) is 70.4 Å². The lowest BCUT2D eigenvalue weighted by molar-refractivity contribution is 0.474. The van der Waals surface area contributed by atoms with Crippen LogP contribution in [-0.2, 0) is 0 Å². The van der Waals surface area contributed by atoms with E-state index in [2.05, 4.69) is 20.5 Å². The van der Waals surface area contributed by atoms with Gasteiger partial charge in [0.05, 0.1) is 5.71 Å². The predicted molar refractivity (Wildman–Crippen MR) is 75.4 cm³/mol. The number of nitrogens with zero attached hydrogens (tertiary/aromatic N) is 3. The molecule has 0 atom stereocenters. The predicted octanol–water partition coefficient (Wildman–Crippen LogP) is 2.64. The van der Waals surface area contributed by atoms with Crippen molar-refractivity contribution in [1.82, 2.24) is 9.97 Å². The van der Waals surface area contributed by atoms with Gasteiger partial charge in [-0.1, -0.05) is 12.1 Å². The van der Waals surface area contributed by atoms with Crippen molar-refractivity contribution in [3.8, 4) is 5.75 Å². The Morgan fingerprint density at radius 3 is 2.42 bits per heavy atom. The summed E-state index contributed by atoms with van der Waals surface area (Å²) >= 11 is 0. The summed E-state index contributed by atoms with van der Waals surface area (Å²) in [6, 6.07) is 8.94. The summed E-state index contributed by atoms with van der Waals surface area (Å²) in [5, 5.41) is 13.9. The van der Waals surface area contributed by atoms with Crippen LogP contribution in [0.4, 0.5) is 5.95 Å². The number of phenols is 1. The highest BCUT2D eigenvalue weighted by Gasteiger charge is 2.03. The maximum absolute atomic E-state index is 9.73. The normalized spacial score (nSPS) is 11.4. The number of aryl methyl sites for hydroxylation is 2. The molecule has 2 N–H and O–H groups in total. The van der Waals surface area contributed by atoms with E-state index in [-0.39, 0.29) is 5.75 Å². The fraction of sp³-hybridized carbons (Fsp3) is 0.214. The van der Waals surface area contributed by atoms with Gasteiger partial charge >= 0.3 is 0 Å². The lowest BCUT2D eigenvalue weighted by atomic mass is 10.1. The molecule has 0 aliphatic rings. The maximum Gasteiger partial charge on any atom is 0.243 e. The largest absolute Gasteiger partial charge is 0.507 e. The van der Waals surface area contributed by atoms with Gasteiger partial charge in [0.25, 0.3) is 0 Å². The third-order valence-electron chi connectivity index (χ3n) is 2.60. The van der Waals surface area contributed by atoms with Crippen LogP contribution >= 0.6 is 0 Å². The molecular weight excluding hydrogens is 240 g/mol. The fourth-order valence-corrected chi connectivity index (χ4v) is 1.75. The van der Waals surface area contributed by atoms with Crippen LogP contribution in [0.3, 0.4) is 0 Å². The molecule has 2 aromatic rings. The van der Waals surface area contributed by atoms with Crippen molar-refractivity contribution in [1.29, 1.82) is 0 Å². The summed E-state index contributed by atoms with van der Waals surface area (Å²) in [7, 11) is 0. The first kappa shape index (κ1) is 13.0. The first-order valence-electron chi connectivity index (χ1n) is 5.97. The third kappa shape index (κ3) is 3.28. The van der Waals surface area contributed by atoms with E-state index in [0.717, 1.165) is 11.4 Å². The average molecular weight is 256 g/mol. The highest BCUT2D eigenvalue weighted by Crippen LogP contribution is 2.16. The number of rotatable bonds is 3. The molecule has 19 heavy (non-hydrogen) atoms. The zero-order chi connectivity index (χ0) is 13.8. The van der Waals surface area contributed by atoms with Gasteiger partial charge in [0.2, 0.25) is 5.95 Å². The van der Waals surface area contributed by atoms with Crippen LogP contribution in [0, 0.1) is 13.8 Å². The molecule has 1 heterocycles. The molecule has 5 nitrogen and oxygen atoms in total. The Kier molecular flexibility index (Phi) is 3.75. The van der Waals surface area contributed by atoms with E-state index in [9.17, 15) is 5.11 Å². The lowest BCUT2D eigenvalue weighted by Gasteiger charge is -2.05. The van der Waals surface area contributed by atoms with E-state index < -0.39 is 0 Å². The van der Waals surface area contributed by atoms with Crippen molar-refractivity contribution in [2.24, 2.45) is 5.10 Å². The Labute approximate surface area is 112 Å². The minimum absolute atomic E-state index is 0.201. The third-order valence-corrected chi connectivity index (χ3v) is 2.60. The Morgan fingerprint density at radius 1 is 1.16 bits per heavy atom. The van der Waals surface area contributed by atoms with E-state index in [1.165, 1.54) is 0 Å². The number of benzene rings is 1. The lowest BCUT2D eigenvalue weighted by Crippen LogP contribution is -2.04. The van der Waals surface area contributed by atoms with Gasteiger partial charge in [-0.2, -0.15) is 5.10 Å². The molecule has 0 aliphatic carbocycles. The number of nitrogens with one attached hydrogen (secondary N) is 1. The second-order valence-electron chi connectivity index (χ2n) is 4.30. The summed E-state index contributed by atoms with van der Waals surface area (Å²) in [6.45, 7) is 5.61. The minimum Gasteiger partial charge on any atom is -0.507 e. The molecule has 0 bridgehead atoms. The van der Waals surface area contributed by atoms with Gasteiger partial charge in [-0.3, -0.25) is 0 Å². The van der Waals surface area contributed by atoms with Crippen LogP contribution in [-0.4, -0.2) is 20.8 Å². The number of aromatic hydroxyl groups is 1. The number of hydrogen-bond acceptors (Lipinski definition) is 5. The van der Waals surface area contributed by atoms with Gasteiger partial charge in [-0.15, -0.1) is 0 Å². The summed E-state index contributed by atoms with van der Waals surface area (Å²) in [5.41, 5.74) is 5.91. The van der Waals surface area contributed by atoms with Crippen LogP contribution in [0.1, 0.15) is 23.9 Å². The molecule has 5 heteroatoms.